The predicted octanol–water partition coefficient (Wildman–Crippen LogP) is 4.29. The summed E-state index contributed by atoms with van der Waals surface area (Å²) in [6.45, 7) is 3.09. The van der Waals surface area contributed by atoms with Gasteiger partial charge < -0.3 is 14.5 Å². The van der Waals surface area contributed by atoms with Gasteiger partial charge in [-0.25, -0.2) is 0 Å². The number of aryl methyl sites for hydroxylation is 1. The van der Waals surface area contributed by atoms with Crippen LogP contribution < -0.4 is 9.47 Å². The summed E-state index contributed by atoms with van der Waals surface area (Å²) in [5.74, 6) is -0.631. The molecule has 0 atom stereocenters. The lowest BCUT2D eigenvalue weighted by Crippen LogP contribution is -2.20. The number of H-pyrrole nitrogens is 1. The molecule has 0 saturated carbocycles. The summed E-state index contributed by atoms with van der Waals surface area (Å²) >= 11 is 0. The molecule has 5 nitrogen and oxygen atoms in total. The fourth-order valence-electron chi connectivity index (χ4n) is 2.81. The summed E-state index contributed by atoms with van der Waals surface area (Å²) in [6, 6.07) is 5.81. The van der Waals surface area contributed by atoms with Gasteiger partial charge in [-0.05, 0) is 38.0 Å². The zero-order chi connectivity index (χ0) is 20.2. The Kier molecular flexibility index (Phi) is 6.30. The van der Waals surface area contributed by atoms with E-state index in [1.54, 1.807) is 13.0 Å². The van der Waals surface area contributed by atoms with E-state index in [0.717, 1.165) is 0 Å². The molecule has 0 aliphatic carbocycles. The molecule has 0 aliphatic heterocycles. The fraction of sp³-hybridized carbons (Fsp3) is 0.368. The van der Waals surface area contributed by atoms with Crippen molar-refractivity contribution in [3.63, 3.8) is 0 Å². The second kappa shape index (κ2) is 8.28. The van der Waals surface area contributed by atoms with Gasteiger partial charge in [0, 0.05) is 11.3 Å². The number of nitrogens with one attached hydrogen (secondary N) is 1. The van der Waals surface area contributed by atoms with Crippen molar-refractivity contribution in [2.45, 2.75) is 33.4 Å². The van der Waals surface area contributed by atoms with E-state index in [9.17, 15) is 22.8 Å². The molecule has 0 unspecified atom stereocenters. The number of halogens is 3. The van der Waals surface area contributed by atoms with Gasteiger partial charge in [0.15, 0.2) is 30.5 Å². The Labute approximate surface area is 154 Å². The number of rotatable bonds is 8. The van der Waals surface area contributed by atoms with Crippen molar-refractivity contribution >= 4 is 11.6 Å². The molecule has 1 aromatic carbocycles. The number of aromatic amines is 1. The van der Waals surface area contributed by atoms with Crippen LogP contribution in [0.25, 0.3) is 0 Å². The number of carbonyl (C=O) groups excluding carboxylic acids is 2. The van der Waals surface area contributed by atoms with Crippen molar-refractivity contribution in [3.05, 3.63) is 46.8 Å². The Morgan fingerprint density at radius 2 is 1.70 bits per heavy atom. The first kappa shape index (κ1) is 20.5. The number of ether oxygens (including phenoxy) is 2. The molecule has 2 rings (SSSR count). The molecule has 0 bridgehead atoms. The predicted molar refractivity (Wildman–Crippen MR) is 92.7 cm³/mol. The SMILES string of the molecule is CCc1c(C(=O)COc2ccccc2OCC(F)(F)F)[nH]c(C)c1C(C)=O. The number of hydrogen-bond donors (Lipinski definition) is 1. The highest BCUT2D eigenvalue weighted by atomic mass is 19.4. The molecular formula is C19H20F3NO4. The molecule has 27 heavy (non-hydrogen) atoms. The maximum Gasteiger partial charge on any atom is 0.422 e. The van der Waals surface area contributed by atoms with Crippen molar-refractivity contribution in [1.29, 1.82) is 0 Å². The smallest absolute Gasteiger partial charge is 0.422 e. The third-order valence-corrected chi connectivity index (χ3v) is 3.87. The zero-order valence-electron chi connectivity index (χ0n) is 15.2. The lowest BCUT2D eigenvalue weighted by atomic mass is 10.0. The molecule has 0 radical (unpaired) electrons. The van der Waals surface area contributed by atoms with Crippen LogP contribution in [0.15, 0.2) is 24.3 Å². The van der Waals surface area contributed by atoms with Crippen LogP contribution in [-0.4, -0.2) is 35.9 Å². The van der Waals surface area contributed by atoms with E-state index >= 15 is 0 Å². The Hall–Kier alpha value is -2.77. The lowest BCUT2D eigenvalue weighted by molar-refractivity contribution is -0.153. The van der Waals surface area contributed by atoms with E-state index < -0.39 is 25.2 Å². The minimum absolute atomic E-state index is 0.0308. The van der Waals surface area contributed by atoms with Crippen molar-refractivity contribution in [1.82, 2.24) is 4.98 Å². The first-order chi connectivity index (χ1) is 12.6. The molecule has 0 aliphatic rings. The molecule has 146 valence electrons. The Balaban J connectivity index is 2.15. The molecule has 1 aromatic heterocycles. The first-order valence-corrected chi connectivity index (χ1v) is 8.31. The number of aromatic nitrogens is 1. The van der Waals surface area contributed by atoms with Crippen LogP contribution in [0.4, 0.5) is 13.2 Å². The highest BCUT2D eigenvalue weighted by molar-refractivity contribution is 6.03. The summed E-state index contributed by atoms with van der Waals surface area (Å²) in [5, 5.41) is 0. The van der Waals surface area contributed by atoms with E-state index in [1.165, 1.54) is 25.1 Å². The van der Waals surface area contributed by atoms with E-state index in [4.69, 9.17) is 9.47 Å². The number of benzene rings is 1. The molecule has 1 heterocycles. The summed E-state index contributed by atoms with van der Waals surface area (Å²) < 4.78 is 47.1. The standard InChI is InChI=1S/C19H20F3NO4/c1-4-13-17(12(3)24)11(2)23-18(13)14(25)9-26-15-7-5-6-8-16(15)27-10-19(20,21)22/h5-8,23H,4,9-10H2,1-3H3. The first-order valence-electron chi connectivity index (χ1n) is 8.31. The summed E-state index contributed by atoms with van der Waals surface area (Å²) in [7, 11) is 0. The Bertz CT molecular complexity index is 840. The molecule has 0 fully saturated rings. The quantitative estimate of drug-likeness (QED) is 0.691. The van der Waals surface area contributed by atoms with Gasteiger partial charge in [-0.3, -0.25) is 9.59 Å². The number of para-hydroxylation sites is 2. The monoisotopic (exact) mass is 383 g/mol. The number of hydrogen-bond acceptors (Lipinski definition) is 4. The molecule has 0 saturated heterocycles. The van der Waals surface area contributed by atoms with Crippen molar-refractivity contribution in [2.24, 2.45) is 0 Å². The van der Waals surface area contributed by atoms with E-state index in [2.05, 4.69) is 4.98 Å². The molecule has 0 spiro atoms. The van der Waals surface area contributed by atoms with Crippen LogP contribution in [0, 0.1) is 6.92 Å². The van der Waals surface area contributed by atoms with E-state index in [1.807, 2.05) is 6.92 Å². The van der Waals surface area contributed by atoms with Gasteiger partial charge in [0.2, 0.25) is 5.78 Å². The maximum atomic E-state index is 12.5. The van der Waals surface area contributed by atoms with Crippen LogP contribution >= 0.6 is 0 Å². The third kappa shape index (κ3) is 5.12. The van der Waals surface area contributed by atoms with Crippen LogP contribution in [-0.2, 0) is 6.42 Å². The number of Topliss-reactive ketones (excluding diaryl/α,β-unsaturated/α-hetero) is 2. The molecular weight excluding hydrogens is 363 g/mol. The normalized spacial score (nSPS) is 11.3. The second-order valence-corrected chi connectivity index (χ2v) is 5.95. The minimum atomic E-state index is -4.48. The van der Waals surface area contributed by atoms with Gasteiger partial charge in [-0.15, -0.1) is 0 Å². The molecule has 0 amide bonds. The van der Waals surface area contributed by atoms with Gasteiger partial charge in [-0.2, -0.15) is 13.2 Å². The Morgan fingerprint density at radius 3 is 2.22 bits per heavy atom. The van der Waals surface area contributed by atoms with E-state index in [0.29, 0.717) is 23.2 Å². The third-order valence-electron chi connectivity index (χ3n) is 3.87. The average molecular weight is 383 g/mol. The van der Waals surface area contributed by atoms with Crippen LogP contribution in [0.2, 0.25) is 0 Å². The number of alkyl halides is 3. The van der Waals surface area contributed by atoms with Gasteiger partial charge >= 0.3 is 6.18 Å². The number of carbonyl (C=O) groups is 2. The highest BCUT2D eigenvalue weighted by Crippen LogP contribution is 2.29. The number of ketones is 2. The van der Waals surface area contributed by atoms with Crippen LogP contribution in [0.3, 0.4) is 0 Å². The summed E-state index contributed by atoms with van der Waals surface area (Å²) in [5.41, 5.74) is 1.95. The zero-order valence-corrected chi connectivity index (χ0v) is 15.2. The topological polar surface area (TPSA) is 68.4 Å². The van der Waals surface area contributed by atoms with Crippen LogP contribution in [0.5, 0.6) is 11.5 Å². The summed E-state index contributed by atoms with van der Waals surface area (Å²) in [6.07, 6.45) is -4.00. The lowest BCUT2D eigenvalue weighted by Gasteiger charge is -2.13. The maximum absolute atomic E-state index is 12.5. The minimum Gasteiger partial charge on any atom is -0.481 e. The van der Waals surface area contributed by atoms with Crippen molar-refractivity contribution in [3.8, 4) is 11.5 Å². The molecule has 1 N–H and O–H groups in total. The van der Waals surface area contributed by atoms with Crippen molar-refractivity contribution < 1.29 is 32.2 Å². The Morgan fingerprint density at radius 1 is 1.11 bits per heavy atom. The summed E-state index contributed by atoms with van der Waals surface area (Å²) in [4.78, 5) is 27.2. The molecule has 2 aromatic rings. The highest BCUT2D eigenvalue weighted by Gasteiger charge is 2.29. The fourth-order valence-corrected chi connectivity index (χ4v) is 2.81. The van der Waals surface area contributed by atoms with Gasteiger partial charge in [-0.1, -0.05) is 19.1 Å². The van der Waals surface area contributed by atoms with Gasteiger partial charge in [0.05, 0.1) is 5.69 Å². The second-order valence-electron chi connectivity index (χ2n) is 5.95. The van der Waals surface area contributed by atoms with Gasteiger partial charge in [0.25, 0.3) is 0 Å². The largest absolute Gasteiger partial charge is 0.481 e. The van der Waals surface area contributed by atoms with Crippen LogP contribution in [0.1, 0.15) is 46.0 Å². The van der Waals surface area contributed by atoms with E-state index in [-0.39, 0.29) is 23.0 Å². The van der Waals surface area contributed by atoms with Gasteiger partial charge in [0.1, 0.15) is 0 Å². The molecule has 8 heteroatoms. The van der Waals surface area contributed by atoms with Crippen molar-refractivity contribution in [2.75, 3.05) is 13.2 Å². The average Bonchev–Trinajstić information content (AvgIpc) is 2.94.